The zero-order valence-electron chi connectivity index (χ0n) is 7.68. The molecule has 1 aliphatic rings. The summed E-state index contributed by atoms with van der Waals surface area (Å²) in [5.41, 5.74) is 0. The Balaban J connectivity index is 2.05. The zero-order chi connectivity index (χ0) is 7.94. The SMILES string of the molecule is CCCCCC1C=CCCC1. The van der Waals surface area contributed by atoms with Crippen LogP contribution in [0.4, 0.5) is 0 Å². The van der Waals surface area contributed by atoms with Crippen molar-refractivity contribution in [3.8, 4) is 0 Å². The highest BCUT2D eigenvalue weighted by atomic mass is 14.1. The van der Waals surface area contributed by atoms with Gasteiger partial charge in [0.2, 0.25) is 0 Å². The Kier molecular flexibility index (Phi) is 4.33. The molecule has 0 N–H and O–H groups in total. The smallest absolute Gasteiger partial charge is 0.0233 e. The molecule has 1 unspecified atom stereocenters. The Morgan fingerprint density at radius 3 is 2.91 bits per heavy atom. The van der Waals surface area contributed by atoms with Crippen molar-refractivity contribution in [1.29, 1.82) is 0 Å². The molecule has 0 fully saturated rings. The monoisotopic (exact) mass is 152 g/mol. The van der Waals surface area contributed by atoms with E-state index in [0.29, 0.717) is 0 Å². The van der Waals surface area contributed by atoms with Gasteiger partial charge in [-0.3, -0.25) is 0 Å². The number of unbranched alkanes of at least 4 members (excludes halogenated alkanes) is 2. The number of hydrogen-bond donors (Lipinski definition) is 0. The lowest BCUT2D eigenvalue weighted by Crippen LogP contribution is -2.00. The Morgan fingerprint density at radius 1 is 1.36 bits per heavy atom. The summed E-state index contributed by atoms with van der Waals surface area (Å²) < 4.78 is 0. The first-order valence-electron chi connectivity index (χ1n) is 5.10. The van der Waals surface area contributed by atoms with Crippen molar-refractivity contribution in [2.24, 2.45) is 5.92 Å². The minimum atomic E-state index is 0.926. The van der Waals surface area contributed by atoms with Crippen LogP contribution in [0.25, 0.3) is 0 Å². The van der Waals surface area contributed by atoms with Crippen LogP contribution in [0.3, 0.4) is 0 Å². The van der Waals surface area contributed by atoms with Crippen LogP contribution in [0.5, 0.6) is 0 Å². The van der Waals surface area contributed by atoms with Crippen LogP contribution in [0.15, 0.2) is 12.2 Å². The molecule has 0 bridgehead atoms. The summed E-state index contributed by atoms with van der Waals surface area (Å²) in [5, 5.41) is 0. The maximum absolute atomic E-state index is 2.43. The van der Waals surface area contributed by atoms with Gasteiger partial charge in [0, 0.05) is 0 Å². The maximum Gasteiger partial charge on any atom is -0.0233 e. The van der Waals surface area contributed by atoms with Gasteiger partial charge in [0.15, 0.2) is 0 Å². The Bertz CT molecular complexity index is 113. The summed E-state index contributed by atoms with van der Waals surface area (Å²) in [4.78, 5) is 0. The molecule has 0 aromatic heterocycles. The van der Waals surface area contributed by atoms with Gasteiger partial charge in [-0.25, -0.2) is 0 Å². The van der Waals surface area contributed by atoms with E-state index in [2.05, 4.69) is 19.1 Å². The summed E-state index contributed by atoms with van der Waals surface area (Å²) in [6.45, 7) is 2.27. The third-order valence-electron chi connectivity index (χ3n) is 2.53. The topological polar surface area (TPSA) is 0 Å². The van der Waals surface area contributed by atoms with E-state index in [9.17, 15) is 0 Å². The van der Waals surface area contributed by atoms with Crippen LogP contribution in [-0.2, 0) is 0 Å². The lowest BCUT2D eigenvalue weighted by atomic mass is 9.91. The predicted octanol–water partition coefficient (Wildman–Crippen LogP) is 3.92. The van der Waals surface area contributed by atoms with Crippen molar-refractivity contribution in [2.45, 2.75) is 51.9 Å². The highest BCUT2D eigenvalue weighted by Gasteiger charge is 2.06. The Labute approximate surface area is 70.7 Å². The average molecular weight is 152 g/mol. The normalized spacial score (nSPS) is 23.9. The summed E-state index contributed by atoms with van der Waals surface area (Å²) in [7, 11) is 0. The van der Waals surface area contributed by atoms with E-state index in [0.717, 1.165) is 5.92 Å². The fourth-order valence-electron chi connectivity index (χ4n) is 1.78. The van der Waals surface area contributed by atoms with E-state index in [1.165, 1.54) is 44.9 Å². The van der Waals surface area contributed by atoms with Crippen molar-refractivity contribution in [3.63, 3.8) is 0 Å². The van der Waals surface area contributed by atoms with Crippen molar-refractivity contribution in [1.82, 2.24) is 0 Å². The fraction of sp³-hybridized carbons (Fsp3) is 0.818. The van der Waals surface area contributed by atoms with E-state index in [-0.39, 0.29) is 0 Å². The molecule has 1 atom stereocenters. The molecule has 0 aromatic rings. The first-order chi connectivity index (χ1) is 5.43. The molecule has 0 radical (unpaired) electrons. The lowest BCUT2D eigenvalue weighted by Gasteiger charge is -2.15. The Hall–Kier alpha value is -0.260. The van der Waals surface area contributed by atoms with Gasteiger partial charge < -0.3 is 0 Å². The molecule has 0 spiro atoms. The van der Waals surface area contributed by atoms with Crippen LogP contribution < -0.4 is 0 Å². The maximum atomic E-state index is 2.43. The van der Waals surface area contributed by atoms with E-state index >= 15 is 0 Å². The quantitative estimate of drug-likeness (QED) is 0.423. The second-order valence-corrected chi connectivity index (χ2v) is 3.61. The number of allylic oxidation sites excluding steroid dienone is 2. The van der Waals surface area contributed by atoms with Gasteiger partial charge in [-0.2, -0.15) is 0 Å². The molecule has 11 heavy (non-hydrogen) atoms. The predicted molar refractivity (Wildman–Crippen MR) is 50.6 cm³/mol. The van der Waals surface area contributed by atoms with Gasteiger partial charge in [0.05, 0.1) is 0 Å². The molecule has 0 amide bonds. The van der Waals surface area contributed by atoms with E-state index in [1.807, 2.05) is 0 Å². The molecule has 0 aromatic carbocycles. The van der Waals surface area contributed by atoms with Crippen LogP contribution in [0.2, 0.25) is 0 Å². The molecule has 0 saturated carbocycles. The Morgan fingerprint density at radius 2 is 2.27 bits per heavy atom. The molecule has 1 rings (SSSR count). The fourth-order valence-corrected chi connectivity index (χ4v) is 1.78. The van der Waals surface area contributed by atoms with E-state index in [1.54, 1.807) is 0 Å². The minimum Gasteiger partial charge on any atom is -0.0883 e. The summed E-state index contributed by atoms with van der Waals surface area (Å²) in [6, 6.07) is 0. The first-order valence-corrected chi connectivity index (χ1v) is 5.10. The lowest BCUT2D eigenvalue weighted by molar-refractivity contribution is 0.478. The molecule has 0 saturated heterocycles. The molecular weight excluding hydrogens is 132 g/mol. The third kappa shape index (κ3) is 3.60. The van der Waals surface area contributed by atoms with Gasteiger partial charge in [0.1, 0.15) is 0 Å². The van der Waals surface area contributed by atoms with Crippen molar-refractivity contribution >= 4 is 0 Å². The molecule has 0 heterocycles. The minimum absolute atomic E-state index is 0.926. The molecule has 0 heteroatoms. The van der Waals surface area contributed by atoms with Gasteiger partial charge in [-0.1, -0.05) is 38.3 Å². The zero-order valence-corrected chi connectivity index (χ0v) is 7.68. The van der Waals surface area contributed by atoms with Gasteiger partial charge >= 0.3 is 0 Å². The standard InChI is InChI=1S/C11H20/c1-2-3-5-8-11-9-6-4-7-10-11/h6,9,11H,2-5,7-8,10H2,1H3. The van der Waals surface area contributed by atoms with Crippen molar-refractivity contribution in [2.75, 3.05) is 0 Å². The van der Waals surface area contributed by atoms with E-state index in [4.69, 9.17) is 0 Å². The van der Waals surface area contributed by atoms with Crippen LogP contribution in [-0.4, -0.2) is 0 Å². The molecule has 0 nitrogen and oxygen atoms in total. The second-order valence-electron chi connectivity index (χ2n) is 3.61. The molecule has 64 valence electrons. The summed E-state index contributed by atoms with van der Waals surface area (Å²) in [6.07, 6.45) is 14.6. The van der Waals surface area contributed by atoms with Crippen LogP contribution >= 0.6 is 0 Å². The van der Waals surface area contributed by atoms with Gasteiger partial charge in [-0.05, 0) is 31.6 Å². The second kappa shape index (κ2) is 5.40. The molecule has 1 aliphatic carbocycles. The summed E-state index contributed by atoms with van der Waals surface area (Å²) in [5.74, 6) is 0.926. The van der Waals surface area contributed by atoms with Gasteiger partial charge in [-0.15, -0.1) is 0 Å². The first kappa shape index (κ1) is 8.83. The highest BCUT2D eigenvalue weighted by molar-refractivity contribution is 4.92. The largest absolute Gasteiger partial charge is 0.0883 e. The van der Waals surface area contributed by atoms with Gasteiger partial charge in [0.25, 0.3) is 0 Å². The van der Waals surface area contributed by atoms with Crippen molar-refractivity contribution < 1.29 is 0 Å². The number of rotatable bonds is 4. The average Bonchev–Trinajstić information content (AvgIpc) is 2.07. The van der Waals surface area contributed by atoms with Crippen LogP contribution in [0, 0.1) is 5.92 Å². The van der Waals surface area contributed by atoms with Crippen LogP contribution in [0.1, 0.15) is 51.9 Å². The molecular formula is C11H20. The van der Waals surface area contributed by atoms with E-state index < -0.39 is 0 Å². The molecule has 0 aliphatic heterocycles. The third-order valence-corrected chi connectivity index (χ3v) is 2.53. The highest BCUT2D eigenvalue weighted by Crippen LogP contribution is 2.22. The summed E-state index contributed by atoms with van der Waals surface area (Å²) >= 11 is 0. The van der Waals surface area contributed by atoms with Crippen molar-refractivity contribution in [3.05, 3.63) is 12.2 Å². The number of hydrogen-bond acceptors (Lipinski definition) is 0.